The lowest BCUT2D eigenvalue weighted by molar-refractivity contribution is 0.471. The Hall–Kier alpha value is -2.67. The van der Waals surface area contributed by atoms with Gasteiger partial charge < -0.3 is 5.73 Å². The van der Waals surface area contributed by atoms with Gasteiger partial charge in [-0.05, 0) is 18.1 Å². The second-order valence-electron chi connectivity index (χ2n) is 5.49. The van der Waals surface area contributed by atoms with E-state index in [2.05, 4.69) is 10.3 Å². The number of nitrogens with zero attached hydrogens (tertiary/aromatic N) is 3. The molecule has 3 aromatic rings. The van der Waals surface area contributed by atoms with E-state index in [-0.39, 0.29) is 18.5 Å². The van der Waals surface area contributed by atoms with Crippen molar-refractivity contribution in [3.63, 3.8) is 0 Å². The Balaban J connectivity index is 1.76. The van der Waals surface area contributed by atoms with Gasteiger partial charge in [-0.15, -0.1) is 5.10 Å². The molecule has 124 valence electrons. The molecule has 24 heavy (non-hydrogen) atoms. The molecule has 4 nitrogen and oxygen atoms in total. The summed E-state index contributed by atoms with van der Waals surface area (Å²) in [5.41, 5.74) is 7.76. The molecule has 0 bridgehead atoms. The fourth-order valence-corrected chi connectivity index (χ4v) is 2.51. The fraction of sp³-hybridized carbons (Fsp3) is 0.176. The molecule has 0 saturated heterocycles. The smallest absolute Gasteiger partial charge is 0.161 e. The van der Waals surface area contributed by atoms with Crippen molar-refractivity contribution in [1.82, 2.24) is 15.0 Å². The van der Waals surface area contributed by atoms with E-state index in [1.54, 1.807) is 10.9 Å². The van der Waals surface area contributed by atoms with Crippen LogP contribution in [0.4, 0.5) is 13.2 Å². The minimum absolute atomic E-state index is 0.0303. The molecule has 0 unspecified atom stereocenters. The third kappa shape index (κ3) is 3.46. The normalized spacial score (nSPS) is 12.3. The SMILES string of the molecule is N[C@H](Cc1cc(F)c(F)cc1F)Cn1nncc1-c1ccccc1. The van der Waals surface area contributed by atoms with Crippen LogP contribution in [0.2, 0.25) is 0 Å². The largest absolute Gasteiger partial charge is 0.326 e. The van der Waals surface area contributed by atoms with Crippen molar-refractivity contribution < 1.29 is 13.2 Å². The highest BCUT2D eigenvalue weighted by molar-refractivity contribution is 5.57. The van der Waals surface area contributed by atoms with Gasteiger partial charge in [0.2, 0.25) is 0 Å². The molecule has 3 rings (SSSR count). The van der Waals surface area contributed by atoms with Crippen LogP contribution in [-0.2, 0) is 13.0 Å². The predicted molar refractivity (Wildman–Crippen MR) is 83.5 cm³/mol. The predicted octanol–water partition coefficient (Wildman–Crippen LogP) is 2.93. The van der Waals surface area contributed by atoms with Gasteiger partial charge >= 0.3 is 0 Å². The highest BCUT2D eigenvalue weighted by Gasteiger charge is 2.15. The number of hydrogen-bond acceptors (Lipinski definition) is 3. The van der Waals surface area contributed by atoms with Gasteiger partial charge in [-0.2, -0.15) is 0 Å². The van der Waals surface area contributed by atoms with Gasteiger partial charge in [0.15, 0.2) is 11.6 Å². The molecule has 0 radical (unpaired) electrons. The molecule has 2 N–H and O–H groups in total. The van der Waals surface area contributed by atoms with Crippen LogP contribution < -0.4 is 5.73 Å². The first kappa shape index (κ1) is 16.2. The number of nitrogens with two attached hydrogens (primary N) is 1. The highest BCUT2D eigenvalue weighted by Crippen LogP contribution is 2.19. The summed E-state index contributed by atoms with van der Waals surface area (Å²) in [6.07, 6.45) is 1.66. The van der Waals surface area contributed by atoms with Crippen LogP contribution in [0.5, 0.6) is 0 Å². The summed E-state index contributed by atoms with van der Waals surface area (Å²) >= 11 is 0. The maximum Gasteiger partial charge on any atom is 0.161 e. The van der Waals surface area contributed by atoms with Crippen molar-refractivity contribution >= 4 is 0 Å². The first-order valence-electron chi connectivity index (χ1n) is 7.37. The average Bonchev–Trinajstić information content (AvgIpc) is 3.01. The fourth-order valence-electron chi connectivity index (χ4n) is 2.51. The molecule has 0 saturated carbocycles. The lowest BCUT2D eigenvalue weighted by atomic mass is 10.1. The van der Waals surface area contributed by atoms with Crippen LogP contribution in [0.25, 0.3) is 11.3 Å². The lowest BCUT2D eigenvalue weighted by Gasteiger charge is -2.14. The van der Waals surface area contributed by atoms with E-state index in [0.717, 1.165) is 17.3 Å². The van der Waals surface area contributed by atoms with E-state index in [4.69, 9.17) is 5.73 Å². The first-order valence-corrected chi connectivity index (χ1v) is 7.37. The van der Waals surface area contributed by atoms with Crippen LogP contribution in [0.3, 0.4) is 0 Å². The third-order valence-corrected chi connectivity index (χ3v) is 3.67. The van der Waals surface area contributed by atoms with Gasteiger partial charge in [0.1, 0.15) is 5.82 Å². The molecule has 1 heterocycles. The van der Waals surface area contributed by atoms with Crippen molar-refractivity contribution in [3.8, 4) is 11.3 Å². The number of rotatable bonds is 5. The maximum absolute atomic E-state index is 13.7. The quantitative estimate of drug-likeness (QED) is 0.731. The molecule has 2 aromatic carbocycles. The Kier molecular flexibility index (Phi) is 4.61. The van der Waals surface area contributed by atoms with Gasteiger partial charge in [0, 0.05) is 17.7 Å². The van der Waals surface area contributed by atoms with E-state index >= 15 is 0 Å². The Morgan fingerprint density at radius 3 is 2.46 bits per heavy atom. The Bertz CT molecular complexity index is 833. The van der Waals surface area contributed by atoms with Crippen LogP contribution in [0, 0.1) is 17.5 Å². The molecule has 0 amide bonds. The van der Waals surface area contributed by atoms with Crippen molar-refractivity contribution in [1.29, 1.82) is 0 Å². The summed E-state index contributed by atoms with van der Waals surface area (Å²) in [7, 11) is 0. The Morgan fingerprint density at radius 2 is 1.71 bits per heavy atom. The highest BCUT2D eigenvalue weighted by atomic mass is 19.2. The van der Waals surface area contributed by atoms with Crippen LogP contribution in [-0.4, -0.2) is 21.0 Å². The third-order valence-electron chi connectivity index (χ3n) is 3.67. The van der Waals surface area contributed by atoms with Crippen molar-refractivity contribution in [2.75, 3.05) is 0 Å². The molecule has 0 spiro atoms. The number of benzene rings is 2. The van der Waals surface area contributed by atoms with E-state index in [9.17, 15) is 13.2 Å². The molecule has 7 heteroatoms. The minimum Gasteiger partial charge on any atom is -0.326 e. The van der Waals surface area contributed by atoms with Crippen molar-refractivity contribution in [2.45, 2.75) is 19.0 Å². The molecular weight excluding hydrogens is 317 g/mol. The zero-order valence-electron chi connectivity index (χ0n) is 12.7. The number of halogens is 3. The second-order valence-corrected chi connectivity index (χ2v) is 5.49. The number of hydrogen-bond donors (Lipinski definition) is 1. The van der Waals surface area contributed by atoms with E-state index < -0.39 is 23.5 Å². The van der Waals surface area contributed by atoms with Gasteiger partial charge in [0.25, 0.3) is 0 Å². The standard InChI is InChI=1S/C17H15F3N4/c18-14-8-16(20)15(19)7-12(14)6-13(21)10-24-17(9-22-23-24)11-4-2-1-3-5-11/h1-5,7-9,13H,6,10,21H2/t13-/m1/s1. The number of aromatic nitrogens is 3. The monoisotopic (exact) mass is 332 g/mol. The minimum atomic E-state index is -1.22. The van der Waals surface area contributed by atoms with Gasteiger partial charge in [-0.3, -0.25) is 0 Å². The van der Waals surface area contributed by atoms with Crippen LogP contribution in [0.15, 0.2) is 48.7 Å². The van der Waals surface area contributed by atoms with Crippen molar-refractivity contribution in [3.05, 3.63) is 71.7 Å². The van der Waals surface area contributed by atoms with E-state index in [0.29, 0.717) is 6.07 Å². The Labute approximate surface area is 136 Å². The topological polar surface area (TPSA) is 56.7 Å². The molecule has 0 aliphatic carbocycles. The van der Waals surface area contributed by atoms with Gasteiger partial charge in [0.05, 0.1) is 18.4 Å². The van der Waals surface area contributed by atoms with Crippen molar-refractivity contribution in [2.24, 2.45) is 5.73 Å². The maximum atomic E-state index is 13.7. The first-order chi connectivity index (χ1) is 11.5. The lowest BCUT2D eigenvalue weighted by Crippen LogP contribution is -2.30. The summed E-state index contributed by atoms with van der Waals surface area (Å²) in [5.74, 6) is -3.12. The zero-order chi connectivity index (χ0) is 17.1. The second kappa shape index (κ2) is 6.84. The molecule has 1 aromatic heterocycles. The summed E-state index contributed by atoms with van der Waals surface area (Å²) in [6.45, 7) is 0.267. The zero-order valence-corrected chi connectivity index (χ0v) is 12.7. The van der Waals surface area contributed by atoms with Crippen LogP contribution in [0.1, 0.15) is 5.56 Å². The van der Waals surface area contributed by atoms with Gasteiger partial charge in [-0.25, -0.2) is 17.9 Å². The molecule has 1 atom stereocenters. The van der Waals surface area contributed by atoms with Crippen LogP contribution >= 0.6 is 0 Å². The summed E-state index contributed by atoms with van der Waals surface area (Å²) in [4.78, 5) is 0. The molecule has 0 fully saturated rings. The van der Waals surface area contributed by atoms with E-state index in [1.807, 2.05) is 30.3 Å². The van der Waals surface area contributed by atoms with E-state index in [1.165, 1.54) is 0 Å². The molecular formula is C17H15F3N4. The average molecular weight is 332 g/mol. The summed E-state index contributed by atoms with van der Waals surface area (Å²) in [6, 6.07) is 10.3. The Morgan fingerprint density at radius 1 is 1.00 bits per heavy atom. The molecule has 0 aliphatic rings. The summed E-state index contributed by atoms with van der Waals surface area (Å²) in [5, 5.41) is 7.86. The molecule has 0 aliphatic heterocycles. The summed E-state index contributed by atoms with van der Waals surface area (Å²) < 4.78 is 41.6. The van der Waals surface area contributed by atoms with Gasteiger partial charge in [-0.1, -0.05) is 35.5 Å².